The van der Waals surface area contributed by atoms with Crippen LogP contribution in [0.3, 0.4) is 0 Å². The number of rotatable bonds is 12. The monoisotopic (exact) mass is 483 g/mol. The molecule has 0 bridgehead atoms. The van der Waals surface area contributed by atoms with E-state index in [1.165, 1.54) is 7.11 Å². The highest BCUT2D eigenvalue weighted by atomic mass is 16.5. The van der Waals surface area contributed by atoms with Gasteiger partial charge in [-0.3, -0.25) is 20.0 Å². The van der Waals surface area contributed by atoms with Crippen molar-refractivity contribution in [3.8, 4) is 11.5 Å². The third kappa shape index (κ3) is 7.31. The Morgan fingerprint density at radius 1 is 1.17 bits per heavy atom. The van der Waals surface area contributed by atoms with E-state index < -0.39 is 0 Å². The van der Waals surface area contributed by atoms with Crippen molar-refractivity contribution in [3.05, 3.63) is 59.7 Å². The number of likely N-dealkylation sites (N-methyl/N-ethyl adjacent to an activating group) is 1. The molecule has 0 saturated heterocycles. The first kappa shape index (κ1) is 27.9. The summed E-state index contributed by atoms with van der Waals surface area (Å²) < 4.78 is 15.7. The van der Waals surface area contributed by atoms with E-state index in [1.807, 2.05) is 56.1 Å². The van der Waals surface area contributed by atoms with Crippen molar-refractivity contribution in [1.29, 1.82) is 5.41 Å². The van der Waals surface area contributed by atoms with Crippen LogP contribution in [-0.4, -0.2) is 62.8 Å². The number of methoxy groups -OCH3 is 2. The number of nitrogens with one attached hydrogen (secondary N) is 1. The van der Waals surface area contributed by atoms with Crippen LogP contribution in [0.5, 0.6) is 11.5 Å². The van der Waals surface area contributed by atoms with Gasteiger partial charge in [0.1, 0.15) is 23.9 Å². The van der Waals surface area contributed by atoms with E-state index in [9.17, 15) is 9.90 Å². The Morgan fingerprint density at radius 3 is 2.37 bits per heavy atom. The summed E-state index contributed by atoms with van der Waals surface area (Å²) in [4.78, 5) is 15.3. The van der Waals surface area contributed by atoms with Crippen LogP contribution in [0.4, 0.5) is 5.69 Å². The van der Waals surface area contributed by atoms with Crippen molar-refractivity contribution >= 4 is 23.2 Å². The molecule has 0 spiro atoms. The summed E-state index contributed by atoms with van der Waals surface area (Å²) >= 11 is 0. The van der Waals surface area contributed by atoms with Gasteiger partial charge in [0, 0.05) is 31.0 Å². The molecular weight excluding hydrogens is 446 g/mol. The Kier molecular flexibility index (Phi) is 10.3. The number of nitrogens with zero attached hydrogens (tertiary/aromatic N) is 2. The molecule has 2 N–H and O–H groups in total. The van der Waals surface area contributed by atoms with E-state index >= 15 is 0 Å². The van der Waals surface area contributed by atoms with Crippen LogP contribution in [-0.2, 0) is 20.8 Å². The van der Waals surface area contributed by atoms with Gasteiger partial charge in [0.25, 0.3) is 0 Å². The number of anilines is 1. The SMILES string of the molecule is C=C(c1cc(C(C)C)c(OC)cc1O)N(C(=N)COC)c1ccc(CN(C)CC(=O)OCC)cc1. The van der Waals surface area contributed by atoms with Crippen LogP contribution in [0.15, 0.2) is 43.0 Å². The molecule has 0 saturated carbocycles. The lowest BCUT2D eigenvalue weighted by molar-refractivity contribution is -0.144. The minimum absolute atomic E-state index is 0.0173. The number of hydrogen-bond donors (Lipinski definition) is 2. The lowest BCUT2D eigenvalue weighted by Crippen LogP contribution is -2.31. The van der Waals surface area contributed by atoms with Crippen LogP contribution in [0.2, 0.25) is 0 Å². The van der Waals surface area contributed by atoms with Gasteiger partial charge in [0.05, 0.1) is 26.0 Å². The third-order valence-electron chi connectivity index (χ3n) is 5.45. The quantitative estimate of drug-likeness (QED) is 0.258. The highest BCUT2D eigenvalue weighted by molar-refractivity contribution is 6.08. The molecule has 0 unspecified atom stereocenters. The first-order valence-electron chi connectivity index (χ1n) is 11.5. The first-order valence-corrected chi connectivity index (χ1v) is 11.5. The van der Waals surface area contributed by atoms with Gasteiger partial charge in [0.15, 0.2) is 0 Å². The molecule has 190 valence electrons. The van der Waals surface area contributed by atoms with E-state index in [4.69, 9.17) is 19.6 Å². The largest absolute Gasteiger partial charge is 0.507 e. The summed E-state index contributed by atoms with van der Waals surface area (Å²) in [5.41, 5.74) is 3.59. The zero-order valence-electron chi connectivity index (χ0n) is 21.6. The summed E-state index contributed by atoms with van der Waals surface area (Å²) in [5, 5.41) is 19.4. The fourth-order valence-corrected chi connectivity index (χ4v) is 3.79. The number of esters is 1. The second-order valence-electron chi connectivity index (χ2n) is 8.57. The predicted octanol–water partition coefficient (Wildman–Crippen LogP) is 4.62. The molecule has 0 aliphatic rings. The second-order valence-corrected chi connectivity index (χ2v) is 8.57. The van der Waals surface area contributed by atoms with Gasteiger partial charge in [-0.1, -0.05) is 32.6 Å². The predicted molar refractivity (Wildman–Crippen MR) is 139 cm³/mol. The zero-order chi connectivity index (χ0) is 26.1. The maximum atomic E-state index is 11.7. The maximum absolute atomic E-state index is 11.7. The molecule has 0 radical (unpaired) electrons. The van der Waals surface area contributed by atoms with Crippen molar-refractivity contribution in [1.82, 2.24) is 4.90 Å². The minimum atomic E-state index is -0.262. The molecule has 0 fully saturated rings. The Bertz CT molecular complexity index is 1030. The van der Waals surface area contributed by atoms with Crippen LogP contribution in [0.25, 0.3) is 5.70 Å². The number of carbonyl (C=O) groups excluding carboxylic acids is 1. The van der Waals surface area contributed by atoms with Gasteiger partial charge in [-0.05, 0) is 49.2 Å². The van der Waals surface area contributed by atoms with Crippen LogP contribution < -0.4 is 9.64 Å². The molecule has 0 heterocycles. The fourth-order valence-electron chi connectivity index (χ4n) is 3.79. The normalized spacial score (nSPS) is 11.0. The lowest BCUT2D eigenvalue weighted by Gasteiger charge is -2.28. The van der Waals surface area contributed by atoms with E-state index in [2.05, 4.69) is 6.58 Å². The molecule has 2 aromatic carbocycles. The molecule has 35 heavy (non-hydrogen) atoms. The highest BCUT2D eigenvalue weighted by Crippen LogP contribution is 2.38. The molecular formula is C27H37N3O5. The molecule has 8 nitrogen and oxygen atoms in total. The Hall–Kier alpha value is -3.36. The summed E-state index contributed by atoms with van der Waals surface area (Å²) in [6.45, 7) is 11.3. The van der Waals surface area contributed by atoms with Gasteiger partial charge >= 0.3 is 5.97 Å². The van der Waals surface area contributed by atoms with Gasteiger partial charge < -0.3 is 19.3 Å². The van der Waals surface area contributed by atoms with Gasteiger partial charge in [-0.2, -0.15) is 0 Å². The van der Waals surface area contributed by atoms with Gasteiger partial charge in [0.2, 0.25) is 0 Å². The fraction of sp³-hybridized carbons (Fsp3) is 0.407. The minimum Gasteiger partial charge on any atom is -0.507 e. The number of phenolic OH excluding ortho intramolecular Hbond substituents is 1. The number of ether oxygens (including phenoxy) is 3. The topological polar surface area (TPSA) is 95.3 Å². The number of amidine groups is 1. The summed E-state index contributed by atoms with van der Waals surface area (Å²) in [6, 6.07) is 11.1. The van der Waals surface area contributed by atoms with Crippen molar-refractivity contribution in [2.24, 2.45) is 0 Å². The van der Waals surface area contributed by atoms with E-state index in [-0.39, 0.29) is 36.6 Å². The van der Waals surface area contributed by atoms with E-state index in [1.54, 1.807) is 25.0 Å². The van der Waals surface area contributed by atoms with Crippen molar-refractivity contribution in [3.63, 3.8) is 0 Å². The standard InChI is InChI=1S/C27H37N3O5/c1-8-35-27(32)16-29(5)15-20-9-11-21(12-10-20)30(26(28)17-33-6)19(4)23-13-22(18(2)3)25(34-7)14-24(23)31/h9-14,18,28,31H,4,8,15-17H2,1-3,5-7H3. The maximum Gasteiger partial charge on any atom is 0.320 e. The zero-order valence-corrected chi connectivity index (χ0v) is 21.6. The Morgan fingerprint density at radius 2 is 1.83 bits per heavy atom. The van der Waals surface area contributed by atoms with E-state index in [0.29, 0.717) is 35.8 Å². The molecule has 0 atom stereocenters. The number of benzene rings is 2. The Labute approximate surface area is 208 Å². The third-order valence-corrected chi connectivity index (χ3v) is 5.45. The Balaban J connectivity index is 2.36. The van der Waals surface area contributed by atoms with Crippen LogP contribution in [0, 0.1) is 5.41 Å². The molecule has 0 aromatic heterocycles. The molecule has 2 rings (SSSR count). The second kappa shape index (κ2) is 12.9. The van der Waals surface area contributed by atoms with Gasteiger partial charge in [-0.15, -0.1) is 0 Å². The molecule has 0 aliphatic heterocycles. The molecule has 0 aliphatic carbocycles. The van der Waals surface area contributed by atoms with Crippen molar-refractivity contribution < 1.29 is 24.1 Å². The number of phenols is 1. The lowest BCUT2D eigenvalue weighted by atomic mass is 9.97. The summed E-state index contributed by atoms with van der Waals surface area (Å²) in [6.07, 6.45) is 0. The molecule has 8 heteroatoms. The first-order chi connectivity index (χ1) is 16.6. The molecule has 2 aromatic rings. The average Bonchev–Trinajstić information content (AvgIpc) is 2.80. The summed E-state index contributed by atoms with van der Waals surface area (Å²) in [7, 11) is 4.95. The average molecular weight is 484 g/mol. The molecule has 0 amide bonds. The van der Waals surface area contributed by atoms with Crippen LogP contribution in [0.1, 0.15) is 43.4 Å². The summed E-state index contributed by atoms with van der Waals surface area (Å²) in [5.74, 6) is 0.690. The van der Waals surface area contributed by atoms with E-state index in [0.717, 1.165) is 11.1 Å². The van der Waals surface area contributed by atoms with Crippen molar-refractivity contribution in [2.75, 3.05) is 45.9 Å². The smallest absolute Gasteiger partial charge is 0.320 e. The number of hydrogen-bond acceptors (Lipinski definition) is 7. The number of carbonyl (C=O) groups is 1. The van der Waals surface area contributed by atoms with Gasteiger partial charge in [-0.25, -0.2) is 0 Å². The van der Waals surface area contributed by atoms with Crippen molar-refractivity contribution in [2.45, 2.75) is 33.2 Å². The number of aromatic hydroxyl groups is 1. The van der Waals surface area contributed by atoms with Crippen LogP contribution >= 0.6 is 0 Å². The highest BCUT2D eigenvalue weighted by Gasteiger charge is 2.22.